The second-order valence-electron chi connectivity index (χ2n) is 8.81. The lowest BCUT2D eigenvalue weighted by molar-refractivity contribution is -0.140. The molecule has 1 aromatic carbocycles. The molecule has 4 rings (SSSR count). The van der Waals surface area contributed by atoms with Gasteiger partial charge in [-0.05, 0) is 45.6 Å². The summed E-state index contributed by atoms with van der Waals surface area (Å²) in [6.07, 6.45) is 1.78. The fraction of sp³-hybridized carbons (Fsp3) is 0.346. The molecule has 1 N–H and O–H groups in total. The van der Waals surface area contributed by atoms with Crippen molar-refractivity contribution in [3.63, 3.8) is 0 Å². The zero-order valence-electron chi connectivity index (χ0n) is 20.8. The smallest absolute Gasteiger partial charge is 0.295 e. The van der Waals surface area contributed by atoms with Gasteiger partial charge in [0.05, 0.1) is 31.5 Å². The number of aryl methyl sites for hydroxylation is 2. The predicted octanol–water partition coefficient (Wildman–Crippen LogP) is 2.95. The van der Waals surface area contributed by atoms with Crippen LogP contribution in [0.5, 0.6) is 11.5 Å². The largest absolute Gasteiger partial charge is 0.505 e. The molecule has 0 unspecified atom stereocenters. The molecule has 184 valence electrons. The van der Waals surface area contributed by atoms with E-state index >= 15 is 0 Å². The fourth-order valence-electron chi connectivity index (χ4n) is 4.60. The molecule has 1 saturated heterocycles. The summed E-state index contributed by atoms with van der Waals surface area (Å²) in [6, 6.07) is 8.19. The van der Waals surface area contributed by atoms with E-state index < -0.39 is 17.7 Å². The van der Waals surface area contributed by atoms with Gasteiger partial charge in [0.25, 0.3) is 11.7 Å². The Labute approximate surface area is 204 Å². The van der Waals surface area contributed by atoms with Crippen molar-refractivity contribution in [3.05, 3.63) is 64.6 Å². The first-order chi connectivity index (χ1) is 16.7. The molecule has 3 heterocycles. The normalized spacial score (nSPS) is 17.6. The van der Waals surface area contributed by atoms with Gasteiger partial charge in [0, 0.05) is 24.8 Å². The number of aromatic nitrogens is 2. The lowest BCUT2D eigenvalue weighted by atomic mass is 9.95. The number of hydrogen-bond acceptors (Lipinski definition) is 7. The van der Waals surface area contributed by atoms with E-state index in [1.54, 1.807) is 35.7 Å². The van der Waals surface area contributed by atoms with Gasteiger partial charge in [-0.15, -0.1) is 0 Å². The van der Waals surface area contributed by atoms with Crippen LogP contribution in [0.3, 0.4) is 0 Å². The highest BCUT2D eigenvalue weighted by atomic mass is 16.5. The number of carbonyl (C=O) groups excluding carboxylic acids is 2. The average Bonchev–Trinajstić information content (AvgIpc) is 3.30. The van der Waals surface area contributed by atoms with Gasteiger partial charge in [-0.3, -0.25) is 14.0 Å². The number of rotatable bonds is 7. The zero-order chi connectivity index (χ0) is 25.4. The first-order valence-electron chi connectivity index (χ1n) is 11.3. The summed E-state index contributed by atoms with van der Waals surface area (Å²) in [5.41, 5.74) is 3.06. The number of hydrogen-bond donors (Lipinski definition) is 1. The van der Waals surface area contributed by atoms with Crippen molar-refractivity contribution in [2.24, 2.45) is 0 Å². The summed E-state index contributed by atoms with van der Waals surface area (Å²) in [7, 11) is 6.81. The topological polar surface area (TPSA) is 96.6 Å². The van der Waals surface area contributed by atoms with Crippen molar-refractivity contribution in [2.75, 3.05) is 41.4 Å². The number of ketones is 1. The summed E-state index contributed by atoms with van der Waals surface area (Å²) in [6.45, 7) is 4.51. The van der Waals surface area contributed by atoms with Crippen LogP contribution in [0.2, 0.25) is 0 Å². The summed E-state index contributed by atoms with van der Waals surface area (Å²) in [4.78, 5) is 34.7. The number of aliphatic hydroxyl groups is 1. The van der Waals surface area contributed by atoms with Crippen LogP contribution in [0.1, 0.15) is 28.6 Å². The molecule has 1 amide bonds. The van der Waals surface area contributed by atoms with Crippen LogP contribution >= 0.6 is 0 Å². The van der Waals surface area contributed by atoms with E-state index in [0.29, 0.717) is 40.6 Å². The number of fused-ring (bicyclic) bond motifs is 1. The molecule has 1 aliphatic rings. The van der Waals surface area contributed by atoms with Gasteiger partial charge in [0.2, 0.25) is 0 Å². The van der Waals surface area contributed by atoms with Gasteiger partial charge in [-0.2, -0.15) is 0 Å². The first kappa shape index (κ1) is 24.3. The van der Waals surface area contributed by atoms with Gasteiger partial charge in [0.1, 0.15) is 11.3 Å². The van der Waals surface area contributed by atoms with E-state index in [0.717, 1.165) is 5.56 Å². The first-order valence-corrected chi connectivity index (χ1v) is 11.3. The third-order valence-electron chi connectivity index (χ3n) is 6.30. The summed E-state index contributed by atoms with van der Waals surface area (Å²) in [5, 5.41) is 11.6. The number of pyridine rings is 1. The Morgan fingerprint density at radius 1 is 1.11 bits per heavy atom. The van der Waals surface area contributed by atoms with Gasteiger partial charge in [-0.25, -0.2) is 4.98 Å². The highest BCUT2D eigenvalue weighted by molar-refractivity contribution is 6.46. The van der Waals surface area contributed by atoms with Crippen LogP contribution in [0.4, 0.5) is 0 Å². The van der Waals surface area contributed by atoms with Crippen LogP contribution in [0.15, 0.2) is 42.1 Å². The number of Topliss-reactive ketones (excluding diaryl/α,β-unsaturated/α-hetero) is 1. The van der Waals surface area contributed by atoms with Crippen molar-refractivity contribution in [1.82, 2.24) is 19.2 Å². The number of methoxy groups -OCH3 is 2. The number of carbonyl (C=O) groups is 2. The van der Waals surface area contributed by atoms with Crippen molar-refractivity contribution >= 4 is 23.1 Å². The molecule has 1 aliphatic heterocycles. The molecule has 1 fully saturated rings. The van der Waals surface area contributed by atoms with Crippen LogP contribution in [-0.2, 0) is 9.59 Å². The maximum atomic E-state index is 13.4. The van der Waals surface area contributed by atoms with Crippen LogP contribution < -0.4 is 9.47 Å². The standard InChI is InChI=1S/C26H30N4O5/c1-15-9-8-12-29-20(16(2)27-25(15)29)22(31)19-21(17-10-7-11-18(34-5)24(17)35-6)30(14-13-28(3)4)26(33)23(19)32/h7-12,21,31H,13-14H2,1-6H3/b22-19+/t21-/m1/s1. The molecule has 0 saturated carbocycles. The Bertz CT molecular complexity index is 1340. The zero-order valence-corrected chi connectivity index (χ0v) is 20.8. The van der Waals surface area contributed by atoms with Gasteiger partial charge in [0.15, 0.2) is 17.3 Å². The molecule has 3 aromatic rings. The van der Waals surface area contributed by atoms with Crippen molar-refractivity contribution in [1.29, 1.82) is 0 Å². The number of amides is 1. The maximum Gasteiger partial charge on any atom is 0.295 e. The second-order valence-corrected chi connectivity index (χ2v) is 8.81. The van der Waals surface area contributed by atoms with E-state index in [9.17, 15) is 14.7 Å². The molecule has 2 aromatic heterocycles. The number of likely N-dealkylation sites (N-methyl/N-ethyl adjacent to an activating group) is 1. The molecule has 0 aliphatic carbocycles. The lowest BCUT2D eigenvalue weighted by Gasteiger charge is -2.28. The Kier molecular flexibility index (Phi) is 6.53. The molecular formula is C26H30N4O5. The molecule has 9 heteroatoms. The summed E-state index contributed by atoms with van der Waals surface area (Å²) < 4.78 is 12.9. The molecule has 0 spiro atoms. The number of likely N-dealkylation sites (tertiary alicyclic amines) is 1. The van der Waals surface area contributed by atoms with E-state index in [4.69, 9.17) is 9.47 Å². The fourth-order valence-corrected chi connectivity index (χ4v) is 4.60. The van der Waals surface area contributed by atoms with E-state index in [1.165, 1.54) is 19.1 Å². The number of aliphatic hydroxyl groups excluding tert-OH is 1. The van der Waals surface area contributed by atoms with Gasteiger partial charge >= 0.3 is 0 Å². The highest BCUT2D eigenvalue weighted by Crippen LogP contribution is 2.45. The van der Waals surface area contributed by atoms with Crippen LogP contribution in [0, 0.1) is 13.8 Å². The Morgan fingerprint density at radius 3 is 2.51 bits per heavy atom. The Morgan fingerprint density at radius 2 is 1.86 bits per heavy atom. The Hall–Kier alpha value is -3.85. The van der Waals surface area contributed by atoms with Crippen LogP contribution in [0.25, 0.3) is 11.4 Å². The highest BCUT2D eigenvalue weighted by Gasteiger charge is 2.47. The van der Waals surface area contributed by atoms with Gasteiger partial charge in [-0.1, -0.05) is 18.2 Å². The summed E-state index contributed by atoms with van der Waals surface area (Å²) in [5.74, 6) is -0.844. The average molecular weight is 479 g/mol. The Balaban J connectivity index is 2.01. The molecule has 1 atom stereocenters. The van der Waals surface area contributed by atoms with Crippen molar-refractivity contribution in [3.8, 4) is 11.5 Å². The number of nitrogens with zero attached hydrogens (tertiary/aromatic N) is 4. The van der Waals surface area contributed by atoms with Crippen molar-refractivity contribution < 1.29 is 24.2 Å². The van der Waals surface area contributed by atoms with Gasteiger partial charge < -0.3 is 24.4 Å². The van der Waals surface area contributed by atoms with E-state index in [2.05, 4.69) is 4.98 Å². The molecule has 9 nitrogen and oxygen atoms in total. The monoisotopic (exact) mass is 478 g/mol. The van der Waals surface area contributed by atoms with Crippen LogP contribution in [-0.4, -0.2) is 77.4 Å². The number of para-hydroxylation sites is 1. The molecule has 35 heavy (non-hydrogen) atoms. The molecular weight excluding hydrogens is 448 g/mol. The molecule has 0 radical (unpaired) electrons. The summed E-state index contributed by atoms with van der Waals surface area (Å²) >= 11 is 0. The number of imidazole rings is 1. The van der Waals surface area contributed by atoms with Crippen molar-refractivity contribution in [2.45, 2.75) is 19.9 Å². The minimum atomic E-state index is -0.866. The quantitative estimate of drug-likeness (QED) is 0.317. The SMILES string of the molecule is COc1cccc([C@@H]2/C(=C(\O)c3c(C)nc4c(C)cccn34)C(=O)C(=O)N2CCN(C)C)c1OC. The van der Waals surface area contributed by atoms with E-state index in [-0.39, 0.29) is 17.9 Å². The minimum Gasteiger partial charge on any atom is -0.505 e. The van der Waals surface area contributed by atoms with E-state index in [1.807, 2.05) is 38.1 Å². The number of benzene rings is 1. The lowest BCUT2D eigenvalue weighted by Crippen LogP contribution is -2.35. The number of ether oxygens (including phenoxy) is 2. The molecule has 0 bridgehead atoms. The predicted molar refractivity (Wildman–Crippen MR) is 132 cm³/mol. The third kappa shape index (κ3) is 4.01. The minimum absolute atomic E-state index is 0.00767. The second kappa shape index (κ2) is 9.42. The maximum absolute atomic E-state index is 13.4. The third-order valence-corrected chi connectivity index (χ3v) is 6.30.